The predicted molar refractivity (Wildman–Crippen MR) is 88.0 cm³/mol. The molecule has 0 heterocycles. The number of hydrogen-bond acceptors (Lipinski definition) is 5. The number of ether oxygens (including phenoxy) is 2. The lowest BCUT2D eigenvalue weighted by Crippen LogP contribution is -2.41. The van der Waals surface area contributed by atoms with Gasteiger partial charge in [-0.25, -0.2) is 0 Å². The molecule has 2 saturated carbocycles. The van der Waals surface area contributed by atoms with Crippen molar-refractivity contribution in [3.05, 3.63) is 23.8 Å². The van der Waals surface area contributed by atoms with Crippen LogP contribution in [-0.2, 0) is 10.2 Å². The third-order valence-corrected chi connectivity index (χ3v) is 5.29. The van der Waals surface area contributed by atoms with Crippen LogP contribution in [0.3, 0.4) is 0 Å². The van der Waals surface area contributed by atoms with E-state index in [2.05, 4.69) is 6.07 Å². The van der Waals surface area contributed by atoms with Gasteiger partial charge < -0.3 is 19.4 Å². The van der Waals surface area contributed by atoms with E-state index in [1.54, 1.807) is 7.11 Å². The first-order chi connectivity index (χ1) is 11.5. The van der Waals surface area contributed by atoms with Crippen molar-refractivity contribution >= 4 is 6.29 Å². The lowest BCUT2D eigenvalue weighted by Gasteiger charge is -2.37. The van der Waals surface area contributed by atoms with Crippen molar-refractivity contribution < 1.29 is 19.4 Å². The first kappa shape index (κ1) is 16.8. The Hall–Kier alpha value is -2.06. The smallest absolute Gasteiger partial charge is 0.161 e. The van der Waals surface area contributed by atoms with Gasteiger partial charge in [0.1, 0.15) is 5.60 Å². The molecule has 0 radical (unpaired) electrons. The van der Waals surface area contributed by atoms with Crippen LogP contribution in [0.15, 0.2) is 18.2 Å². The second-order valence-electron chi connectivity index (χ2n) is 7.04. The molecule has 0 unspecified atom stereocenters. The van der Waals surface area contributed by atoms with Gasteiger partial charge in [-0.15, -0.1) is 0 Å². The summed E-state index contributed by atoms with van der Waals surface area (Å²) in [5.74, 6) is 1.95. The summed E-state index contributed by atoms with van der Waals surface area (Å²) in [6.07, 6.45) is 4.51. The summed E-state index contributed by atoms with van der Waals surface area (Å²) in [4.78, 5) is 11.0. The number of rotatable bonds is 6. The van der Waals surface area contributed by atoms with Gasteiger partial charge in [-0.2, -0.15) is 5.26 Å². The predicted octanol–water partition coefficient (Wildman–Crippen LogP) is 2.75. The number of benzene rings is 1. The fraction of sp³-hybridized carbons (Fsp3) is 0.579. The van der Waals surface area contributed by atoms with Crippen LogP contribution in [0.25, 0.3) is 0 Å². The van der Waals surface area contributed by atoms with E-state index in [-0.39, 0.29) is 0 Å². The van der Waals surface area contributed by atoms with Crippen molar-refractivity contribution in [1.82, 2.24) is 0 Å². The Labute approximate surface area is 142 Å². The number of nitrogens with zero attached hydrogens (tertiary/aromatic N) is 1. The highest BCUT2D eigenvalue weighted by molar-refractivity contribution is 5.62. The van der Waals surface area contributed by atoms with Crippen molar-refractivity contribution in [2.24, 2.45) is 5.92 Å². The Balaban J connectivity index is 1.85. The van der Waals surface area contributed by atoms with Gasteiger partial charge in [0, 0.05) is 0 Å². The van der Waals surface area contributed by atoms with E-state index < -0.39 is 11.0 Å². The van der Waals surface area contributed by atoms with Crippen molar-refractivity contribution in [2.45, 2.75) is 49.5 Å². The van der Waals surface area contributed by atoms with E-state index in [0.717, 1.165) is 5.56 Å². The van der Waals surface area contributed by atoms with E-state index in [9.17, 15) is 15.2 Å². The van der Waals surface area contributed by atoms with Crippen LogP contribution < -0.4 is 9.47 Å². The average molecular weight is 329 g/mol. The Morgan fingerprint density at radius 1 is 1.29 bits per heavy atom. The molecule has 128 valence electrons. The summed E-state index contributed by atoms with van der Waals surface area (Å²) in [5, 5.41) is 19.9. The minimum Gasteiger partial charge on any atom is -0.493 e. The first-order valence-corrected chi connectivity index (χ1v) is 8.45. The Kier molecular flexibility index (Phi) is 4.51. The Morgan fingerprint density at radius 2 is 2.00 bits per heavy atom. The van der Waals surface area contributed by atoms with Gasteiger partial charge in [0.15, 0.2) is 17.8 Å². The molecule has 0 bridgehead atoms. The number of aldehydes is 1. The van der Waals surface area contributed by atoms with E-state index in [1.165, 1.54) is 12.8 Å². The minimum atomic E-state index is -1.29. The summed E-state index contributed by atoms with van der Waals surface area (Å²) >= 11 is 0. The summed E-state index contributed by atoms with van der Waals surface area (Å²) in [7, 11) is 1.60. The molecule has 5 nitrogen and oxygen atoms in total. The van der Waals surface area contributed by atoms with E-state index >= 15 is 0 Å². The van der Waals surface area contributed by atoms with E-state index in [0.29, 0.717) is 56.0 Å². The highest BCUT2D eigenvalue weighted by Crippen LogP contribution is 2.44. The Bertz CT molecular complexity index is 652. The van der Waals surface area contributed by atoms with Crippen LogP contribution in [0, 0.1) is 17.2 Å². The molecular weight excluding hydrogens is 306 g/mol. The van der Waals surface area contributed by atoms with Crippen molar-refractivity contribution in [3.63, 3.8) is 0 Å². The fourth-order valence-corrected chi connectivity index (χ4v) is 3.27. The average Bonchev–Trinajstić information content (AvgIpc) is 3.45. The molecule has 1 N–H and O–H groups in total. The maximum absolute atomic E-state index is 11.0. The zero-order valence-corrected chi connectivity index (χ0v) is 14.0. The molecule has 2 aliphatic carbocycles. The van der Waals surface area contributed by atoms with Gasteiger partial charge in [0.05, 0.1) is 25.2 Å². The second-order valence-corrected chi connectivity index (χ2v) is 7.04. The summed E-state index contributed by atoms with van der Waals surface area (Å²) in [6.45, 7) is 0.671. The van der Waals surface area contributed by atoms with Crippen molar-refractivity contribution in [2.75, 3.05) is 13.7 Å². The highest BCUT2D eigenvalue weighted by Gasteiger charge is 2.43. The zero-order chi connectivity index (χ0) is 17.2. The minimum absolute atomic E-state index is 0.300. The maximum atomic E-state index is 11.0. The van der Waals surface area contributed by atoms with Crippen molar-refractivity contribution in [3.8, 4) is 17.6 Å². The van der Waals surface area contributed by atoms with E-state index in [1.807, 2.05) is 18.2 Å². The summed E-state index contributed by atoms with van der Waals surface area (Å²) in [6, 6.07) is 8.02. The van der Waals surface area contributed by atoms with Gasteiger partial charge >= 0.3 is 0 Å². The summed E-state index contributed by atoms with van der Waals surface area (Å²) in [5.41, 5.74) is -1.12. The first-order valence-electron chi connectivity index (χ1n) is 8.45. The highest BCUT2D eigenvalue weighted by atomic mass is 16.5. The third kappa shape index (κ3) is 3.25. The lowest BCUT2D eigenvalue weighted by molar-refractivity contribution is -0.127. The lowest BCUT2D eigenvalue weighted by atomic mass is 9.66. The topological polar surface area (TPSA) is 79.5 Å². The van der Waals surface area contributed by atoms with Crippen LogP contribution in [-0.4, -0.2) is 30.7 Å². The van der Waals surface area contributed by atoms with Gasteiger partial charge in [0.2, 0.25) is 0 Å². The molecule has 2 fully saturated rings. The van der Waals surface area contributed by atoms with Crippen LogP contribution in [0.5, 0.6) is 11.5 Å². The number of carbonyl (C=O) groups excluding carboxylic acids is 1. The second kappa shape index (κ2) is 6.45. The number of aliphatic hydroxyl groups is 1. The number of carbonyl (C=O) groups is 1. The molecule has 5 heteroatoms. The standard InChI is InChI=1S/C19H23NO4/c1-23-16-5-4-15(10-17(16)24-11-14-2-3-14)18(12-20)6-8-19(22,13-21)9-7-18/h4-5,10,13-14,22H,2-3,6-9,11H2,1H3/t18-,19+. The van der Waals surface area contributed by atoms with Crippen molar-refractivity contribution in [1.29, 1.82) is 5.26 Å². The van der Waals surface area contributed by atoms with Crippen LogP contribution >= 0.6 is 0 Å². The Morgan fingerprint density at radius 3 is 2.54 bits per heavy atom. The van der Waals surface area contributed by atoms with E-state index in [4.69, 9.17) is 9.47 Å². The number of methoxy groups -OCH3 is 1. The normalized spacial score (nSPS) is 29.5. The SMILES string of the molecule is COc1ccc([C@]2(C#N)CC[C@@](O)(C=O)CC2)cc1OCC1CC1. The molecule has 0 amide bonds. The molecule has 1 aromatic rings. The molecule has 3 rings (SSSR count). The summed E-state index contributed by atoms with van der Waals surface area (Å²) < 4.78 is 11.3. The van der Waals surface area contributed by atoms with Crippen LogP contribution in [0.1, 0.15) is 44.1 Å². The molecule has 0 aromatic heterocycles. The largest absolute Gasteiger partial charge is 0.493 e. The van der Waals surface area contributed by atoms with Crippen LogP contribution in [0.4, 0.5) is 0 Å². The molecule has 0 atom stereocenters. The molecule has 0 aliphatic heterocycles. The molecular formula is C19H23NO4. The molecule has 0 spiro atoms. The molecule has 0 saturated heterocycles. The number of hydrogen-bond donors (Lipinski definition) is 1. The zero-order valence-electron chi connectivity index (χ0n) is 14.0. The van der Waals surface area contributed by atoms with Crippen LogP contribution in [0.2, 0.25) is 0 Å². The van der Waals surface area contributed by atoms with Gasteiger partial charge in [-0.1, -0.05) is 6.07 Å². The maximum Gasteiger partial charge on any atom is 0.161 e. The monoisotopic (exact) mass is 329 g/mol. The third-order valence-electron chi connectivity index (χ3n) is 5.29. The fourth-order valence-electron chi connectivity index (χ4n) is 3.27. The molecule has 2 aliphatic rings. The molecule has 1 aromatic carbocycles. The van der Waals surface area contributed by atoms with Gasteiger partial charge in [0.25, 0.3) is 0 Å². The van der Waals surface area contributed by atoms with Gasteiger partial charge in [-0.3, -0.25) is 0 Å². The number of nitriles is 1. The van der Waals surface area contributed by atoms with Gasteiger partial charge in [-0.05, 0) is 62.1 Å². The quantitative estimate of drug-likeness (QED) is 0.812. The molecule has 24 heavy (non-hydrogen) atoms.